The number of hydrogen-bond acceptors (Lipinski definition) is 1. The van der Waals surface area contributed by atoms with Gasteiger partial charge >= 0.3 is 6.18 Å². The highest BCUT2D eigenvalue weighted by molar-refractivity contribution is 6.33. The summed E-state index contributed by atoms with van der Waals surface area (Å²) in [6.45, 7) is -1.58. The Labute approximate surface area is 97.4 Å². The van der Waals surface area contributed by atoms with Gasteiger partial charge in [0.1, 0.15) is 6.54 Å². The molecule has 0 aliphatic heterocycles. The van der Waals surface area contributed by atoms with E-state index in [4.69, 9.17) is 11.6 Å². The molecular formula is C9H5ClF5NO. The van der Waals surface area contributed by atoms with Gasteiger partial charge in [-0.05, 0) is 12.1 Å². The van der Waals surface area contributed by atoms with E-state index in [0.29, 0.717) is 12.1 Å². The number of halogens is 6. The van der Waals surface area contributed by atoms with Crippen LogP contribution in [-0.4, -0.2) is 18.6 Å². The van der Waals surface area contributed by atoms with Crippen LogP contribution in [0.1, 0.15) is 10.4 Å². The molecule has 1 aromatic rings. The summed E-state index contributed by atoms with van der Waals surface area (Å²) in [7, 11) is 0. The second-order valence-electron chi connectivity index (χ2n) is 3.04. The first-order valence-corrected chi connectivity index (χ1v) is 4.58. The van der Waals surface area contributed by atoms with E-state index in [0.717, 1.165) is 0 Å². The van der Waals surface area contributed by atoms with Crippen LogP contribution in [0, 0.1) is 11.6 Å². The second kappa shape index (κ2) is 4.87. The average Bonchev–Trinajstić information content (AvgIpc) is 2.19. The summed E-state index contributed by atoms with van der Waals surface area (Å²) in [6.07, 6.45) is -4.60. The van der Waals surface area contributed by atoms with Gasteiger partial charge < -0.3 is 5.32 Å². The van der Waals surface area contributed by atoms with Gasteiger partial charge in [-0.15, -0.1) is 0 Å². The lowest BCUT2D eigenvalue weighted by molar-refractivity contribution is -0.123. The zero-order valence-corrected chi connectivity index (χ0v) is 8.79. The first kappa shape index (κ1) is 13.7. The van der Waals surface area contributed by atoms with Gasteiger partial charge in [-0.25, -0.2) is 8.78 Å². The Kier molecular flexibility index (Phi) is 3.92. The van der Waals surface area contributed by atoms with Gasteiger partial charge in [0.15, 0.2) is 11.6 Å². The van der Waals surface area contributed by atoms with Crippen LogP contribution in [0.5, 0.6) is 0 Å². The number of carbonyl (C=O) groups excluding carboxylic acids is 1. The molecule has 0 bridgehead atoms. The minimum absolute atomic E-state index is 0.434. The largest absolute Gasteiger partial charge is 0.405 e. The SMILES string of the molecule is O=C(NCC(F)(F)F)c1cc(F)c(F)cc1Cl. The molecule has 0 saturated carbocycles. The van der Waals surface area contributed by atoms with E-state index in [9.17, 15) is 26.7 Å². The van der Waals surface area contributed by atoms with E-state index in [-0.39, 0.29) is 0 Å². The third kappa shape index (κ3) is 3.85. The fourth-order valence-corrected chi connectivity index (χ4v) is 1.21. The molecule has 1 rings (SSSR count). The Hall–Kier alpha value is -1.37. The molecule has 0 saturated heterocycles. The van der Waals surface area contributed by atoms with Crippen molar-refractivity contribution in [2.75, 3.05) is 6.54 Å². The summed E-state index contributed by atoms with van der Waals surface area (Å²) >= 11 is 5.40. The van der Waals surface area contributed by atoms with Crippen LogP contribution in [-0.2, 0) is 0 Å². The predicted octanol–water partition coefficient (Wildman–Crippen LogP) is 2.91. The van der Waals surface area contributed by atoms with Gasteiger partial charge in [0.25, 0.3) is 5.91 Å². The standard InChI is InChI=1S/C9H5ClF5NO/c10-5-2-7(12)6(11)1-4(5)8(17)16-3-9(13,14)15/h1-2H,3H2,(H,16,17). The van der Waals surface area contributed by atoms with Crippen LogP contribution in [0.2, 0.25) is 5.02 Å². The fraction of sp³-hybridized carbons (Fsp3) is 0.222. The monoisotopic (exact) mass is 273 g/mol. The Morgan fingerprint density at radius 2 is 1.76 bits per heavy atom. The van der Waals surface area contributed by atoms with Gasteiger partial charge in [0, 0.05) is 0 Å². The molecule has 0 spiro atoms. The molecule has 0 aliphatic rings. The summed E-state index contributed by atoms with van der Waals surface area (Å²) in [6, 6.07) is 0.947. The Balaban J connectivity index is 2.86. The van der Waals surface area contributed by atoms with Gasteiger partial charge in [-0.3, -0.25) is 4.79 Å². The van der Waals surface area contributed by atoms with E-state index in [1.165, 1.54) is 5.32 Å². The van der Waals surface area contributed by atoms with Crippen molar-refractivity contribution in [1.29, 1.82) is 0 Å². The maximum absolute atomic E-state index is 12.8. The van der Waals surface area contributed by atoms with Crippen molar-refractivity contribution >= 4 is 17.5 Å². The second-order valence-corrected chi connectivity index (χ2v) is 3.45. The number of carbonyl (C=O) groups is 1. The summed E-state index contributed by atoms with van der Waals surface area (Å²) in [5.74, 6) is -3.89. The fourth-order valence-electron chi connectivity index (χ4n) is 0.972. The number of rotatable bonds is 2. The first-order chi connectivity index (χ1) is 7.70. The van der Waals surface area contributed by atoms with Crippen LogP contribution in [0.15, 0.2) is 12.1 Å². The van der Waals surface area contributed by atoms with Crippen LogP contribution in [0.3, 0.4) is 0 Å². The highest BCUT2D eigenvalue weighted by Crippen LogP contribution is 2.20. The smallest absolute Gasteiger partial charge is 0.343 e. The maximum atomic E-state index is 12.8. The molecule has 0 aromatic heterocycles. The predicted molar refractivity (Wildman–Crippen MR) is 49.8 cm³/mol. The summed E-state index contributed by atoms with van der Waals surface area (Å²) < 4.78 is 60.8. The number of benzene rings is 1. The average molecular weight is 274 g/mol. The molecule has 0 aliphatic carbocycles. The molecule has 8 heteroatoms. The number of alkyl halides is 3. The Bertz CT molecular complexity index is 446. The minimum Gasteiger partial charge on any atom is -0.343 e. The molecule has 2 nitrogen and oxygen atoms in total. The number of amides is 1. The molecule has 1 amide bonds. The van der Waals surface area contributed by atoms with Gasteiger partial charge in [0.05, 0.1) is 10.6 Å². The third-order valence-electron chi connectivity index (χ3n) is 1.70. The lowest BCUT2D eigenvalue weighted by atomic mass is 10.2. The van der Waals surface area contributed by atoms with Crippen LogP contribution >= 0.6 is 11.6 Å². The topological polar surface area (TPSA) is 29.1 Å². The zero-order valence-electron chi connectivity index (χ0n) is 8.04. The number of nitrogens with one attached hydrogen (secondary N) is 1. The zero-order chi connectivity index (χ0) is 13.2. The molecule has 0 unspecified atom stereocenters. The normalized spacial score (nSPS) is 11.4. The van der Waals surface area contributed by atoms with E-state index in [1.54, 1.807) is 0 Å². The van der Waals surface area contributed by atoms with Crippen LogP contribution in [0.4, 0.5) is 22.0 Å². The van der Waals surface area contributed by atoms with E-state index in [2.05, 4.69) is 0 Å². The van der Waals surface area contributed by atoms with Crippen LogP contribution in [0.25, 0.3) is 0 Å². The lowest BCUT2D eigenvalue weighted by Crippen LogP contribution is -2.33. The van der Waals surface area contributed by atoms with Crippen molar-refractivity contribution in [1.82, 2.24) is 5.32 Å². The Morgan fingerprint density at radius 1 is 1.24 bits per heavy atom. The van der Waals surface area contributed by atoms with Gasteiger partial charge in [0.2, 0.25) is 0 Å². The molecule has 94 valence electrons. The molecule has 0 radical (unpaired) electrons. The molecular weight excluding hydrogens is 269 g/mol. The quantitative estimate of drug-likeness (QED) is 0.651. The summed E-state index contributed by atoms with van der Waals surface area (Å²) in [5.41, 5.74) is -0.560. The molecule has 0 atom stereocenters. The summed E-state index contributed by atoms with van der Waals surface area (Å²) in [4.78, 5) is 11.2. The van der Waals surface area contributed by atoms with Crippen molar-refractivity contribution < 1.29 is 26.7 Å². The summed E-state index contributed by atoms with van der Waals surface area (Å²) in [5, 5.41) is 1.02. The van der Waals surface area contributed by atoms with Crippen molar-refractivity contribution in [3.8, 4) is 0 Å². The van der Waals surface area contributed by atoms with Crippen molar-refractivity contribution in [3.63, 3.8) is 0 Å². The molecule has 0 heterocycles. The third-order valence-corrected chi connectivity index (χ3v) is 2.02. The molecule has 1 aromatic carbocycles. The van der Waals surface area contributed by atoms with Crippen molar-refractivity contribution in [3.05, 3.63) is 34.4 Å². The Morgan fingerprint density at radius 3 is 2.29 bits per heavy atom. The van der Waals surface area contributed by atoms with Crippen LogP contribution < -0.4 is 5.32 Å². The highest BCUT2D eigenvalue weighted by atomic mass is 35.5. The van der Waals surface area contributed by atoms with Crippen molar-refractivity contribution in [2.45, 2.75) is 6.18 Å². The van der Waals surface area contributed by atoms with Gasteiger partial charge in [-0.1, -0.05) is 11.6 Å². The maximum Gasteiger partial charge on any atom is 0.405 e. The molecule has 1 N–H and O–H groups in total. The molecule has 17 heavy (non-hydrogen) atoms. The first-order valence-electron chi connectivity index (χ1n) is 4.20. The van der Waals surface area contributed by atoms with Crippen molar-refractivity contribution in [2.24, 2.45) is 0 Å². The number of hydrogen-bond donors (Lipinski definition) is 1. The molecule has 0 fully saturated rings. The van der Waals surface area contributed by atoms with Gasteiger partial charge in [-0.2, -0.15) is 13.2 Å². The lowest BCUT2D eigenvalue weighted by Gasteiger charge is -2.09. The van der Waals surface area contributed by atoms with E-state index in [1.807, 2.05) is 0 Å². The minimum atomic E-state index is -4.60. The van der Waals surface area contributed by atoms with E-state index >= 15 is 0 Å². The van der Waals surface area contributed by atoms with E-state index < -0.39 is 40.8 Å². The highest BCUT2D eigenvalue weighted by Gasteiger charge is 2.28.